The summed E-state index contributed by atoms with van der Waals surface area (Å²) < 4.78 is 1.08. The number of likely N-dealkylation sites (tertiary alicyclic amines) is 2. The Kier molecular flexibility index (Phi) is 9.01. The van der Waals surface area contributed by atoms with Gasteiger partial charge in [0.05, 0.1) is 0 Å². The number of nitrogens with one attached hydrogen (secondary N) is 2. The van der Waals surface area contributed by atoms with Gasteiger partial charge < -0.3 is 20.4 Å². The van der Waals surface area contributed by atoms with Gasteiger partial charge in [-0.05, 0) is 84.5 Å². The van der Waals surface area contributed by atoms with Gasteiger partial charge in [-0.2, -0.15) is 0 Å². The van der Waals surface area contributed by atoms with E-state index in [4.69, 9.17) is 0 Å². The van der Waals surface area contributed by atoms with Crippen LogP contribution in [-0.4, -0.2) is 59.9 Å². The summed E-state index contributed by atoms with van der Waals surface area (Å²) in [4.78, 5) is 43.0. The maximum absolute atomic E-state index is 13.5. The molecule has 2 N–H and O–H groups in total. The number of halogens is 1. The Hall–Kier alpha value is -2.62. The Labute approximate surface area is 220 Å². The summed E-state index contributed by atoms with van der Waals surface area (Å²) in [5, 5.41) is 5.72. The van der Waals surface area contributed by atoms with Crippen LogP contribution in [0.15, 0.2) is 54.6 Å². The second kappa shape index (κ2) is 12.4. The number of carbonyl (C=O) groups is 3. The minimum absolute atomic E-state index is 0.0122. The van der Waals surface area contributed by atoms with Crippen LogP contribution in [0.1, 0.15) is 37.7 Å². The molecule has 186 valence electrons. The van der Waals surface area contributed by atoms with E-state index in [9.17, 15) is 14.4 Å². The third kappa shape index (κ3) is 7.19. The molecule has 2 aliphatic rings. The number of amides is 4. The second-order valence-corrected chi connectivity index (χ2v) is 10.6. The summed E-state index contributed by atoms with van der Waals surface area (Å²) in [5.74, 6) is 0.130. The molecule has 2 aromatic carbocycles. The van der Waals surface area contributed by atoms with E-state index >= 15 is 0 Å². The quantitative estimate of drug-likeness (QED) is 0.495. The normalized spacial score (nSPS) is 17.5. The molecule has 0 saturated carbocycles. The second-order valence-electron chi connectivity index (χ2n) is 9.33. The van der Waals surface area contributed by atoms with E-state index in [0.29, 0.717) is 38.0 Å². The van der Waals surface area contributed by atoms with E-state index in [1.54, 1.807) is 4.90 Å². The number of hydrogen-bond acceptors (Lipinski definition) is 3. The fraction of sp³-hybridized carbons (Fsp3) is 0.444. The first kappa shape index (κ1) is 25.5. The Balaban J connectivity index is 1.38. The SMILES string of the molecule is O=C(Nc1ccc(I)cc1)N[C@@H](Cc1ccccc1)C(=O)N1CCC(C(=O)N2CCCCC2)CC1. The van der Waals surface area contributed by atoms with Crippen molar-refractivity contribution in [2.45, 2.75) is 44.6 Å². The Bertz CT molecular complexity index is 1000. The van der Waals surface area contributed by atoms with Crippen LogP contribution in [0.4, 0.5) is 10.5 Å². The number of nitrogens with zero attached hydrogens (tertiary/aromatic N) is 2. The molecule has 0 aliphatic carbocycles. The van der Waals surface area contributed by atoms with Crippen molar-refractivity contribution in [2.24, 2.45) is 5.92 Å². The molecule has 0 radical (unpaired) electrons. The number of urea groups is 1. The van der Waals surface area contributed by atoms with Crippen molar-refractivity contribution < 1.29 is 14.4 Å². The van der Waals surface area contributed by atoms with Crippen molar-refractivity contribution in [3.8, 4) is 0 Å². The van der Waals surface area contributed by atoms with E-state index < -0.39 is 12.1 Å². The van der Waals surface area contributed by atoms with Crippen LogP contribution in [0.5, 0.6) is 0 Å². The van der Waals surface area contributed by atoms with Crippen LogP contribution < -0.4 is 10.6 Å². The Morgan fingerprint density at radius 2 is 1.51 bits per heavy atom. The van der Waals surface area contributed by atoms with Gasteiger partial charge >= 0.3 is 6.03 Å². The first-order valence-electron chi connectivity index (χ1n) is 12.4. The Morgan fingerprint density at radius 3 is 2.17 bits per heavy atom. The van der Waals surface area contributed by atoms with E-state index in [2.05, 4.69) is 33.2 Å². The third-order valence-corrected chi connectivity index (χ3v) is 7.53. The van der Waals surface area contributed by atoms with E-state index in [1.807, 2.05) is 59.5 Å². The van der Waals surface area contributed by atoms with Gasteiger partial charge in [-0.15, -0.1) is 0 Å². The van der Waals surface area contributed by atoms with Gasteiger partial charge in [0.25, 0.3) is 0 Å². The maximum Gasteiger partial charge on any atom is 0.319 e. The summed E-state index contributed by atoms with van der Waals surface area (Å²) in [5.41, 5.74) is 1.65. The lowest BCUT2D eigenvalue weighted by molar-refractivity contribution is -0.142. The number of anilines is 1. The van der Waals surface area contributed by atoms with Crippen LogP contribution in [0, 0.1) is 9.49 Å². The molecule has 0 unspecified atom stereocenters. The molecule has 2 fully saturated rings. The topological polar surface area (TPSA) is 81.8 Å². The van der Waals surface area contributed by atoms with Crippen molar-refractivity contribution in [1.82, 2.24) is 15.1 Å². The molecule has 7 nitrogen and oxygen atoms in total. The molecule has 1 atom stereocenters. The summed E-state index contributed by atoms with van der Waals surface area (Å²) in [7, 11) is 0. The van der Waals surface area contributed by atoms with Gasteiger partial charge in [-0.25, -0.2) is 4.79 Å². The lowest BCUT2D eigenvalue weighted by Crippen LogP contribution is -2.53. The van der Waals surface area contributed by atoms with Gasteiger partial charge in [0.1, 0.15) is 6.04 Å². The molecule has 0 bridgehead atoms. The molecular formula is C27H33IN4O3. The minimum Gasteiger partial charge on any atom is -0.342 e. The van der Waals surface area contributed by atoms with Gasteiger partial charge in [0, 0.05) is 47.8 Å². The number of hydrogen-bond donors (Lipinski definition) is 2. The van der Waals surface area contributed by atoms with Crippen molar-refractivity contribution in [3.63, 3.8) is 0 Å². The minimum atomic E-state index is -0.685. The number of piperidine rings is 2. The smallest absolute Gasteiger partial charge is 0.319 e. The van der Waals surface area contributed by atoms with E-state index in [-0.39, 0.29) is 17.7 Å². The molecule has 4 amide bonds. The average molecular weight is 588 g/mol. The van der Waals surface area contributed by atoms with Crippen LogP contribution in [0.25, 0.3) is 0 Å². The molecule has 2 aromatic rings. The molecule has 0 aromatic heterocycles. The van der Waals surface area contributed by atoms with E-state index in [0.717, 1.165) is 35.1 Å². The summed E-state index contributed by atoms with van der Waals surface area (Å²) >= 11 is 2.21. The number of rotatable bonds is 6. The molecule has 8 heteroatoms. The maximum atomic E-state index is 13.5. The van der Waals surface area contributed by atoms with Gasteiger partial charge in [0.15, 0.2) is 0 Å². The van der Waals surface area contributed by atoms with Crippen molar-refractivity contribution in [1.29, 1.82) is 0 Å². The highest BCUT2D eigenvalue weighted by Gasteiger charge is 2.33. The molecular weight excluding hydrogens is 555 g/mol. The summed E-state index contributed by atoms with van der Waals surface area (Å²) in [6.45, 7) is 2.79. The van der Waals surface area contributed by atoms with Crippen LogP contribution in [0.3, 0.4) is 0 Å². The van der Waals surface area contributed by atoms with Gasteiger partial charge in [-0.3, -0.25) is 9.59 Å². The van der Waals surface area contributed by atoms with Crippen LogP contribution >= 0.6 is 22.6 Å². The van der Waals surface area contributed by atoms with E-state index in [1.165, 1.54) is 6.42 Å². The van der Waals surface area contributed by atoms with Crippen molar-refractivity contribution in [2.75, 3.05) is 31.5 Å². The lowest BCUT2D eigenvalue weighted by Gasteiger charge is -2.37. The molecule has 0 spiro atoms. The van der Waals surface area contributed by atoms with Gasteiger partial charge in [0.2, 0.25) is 11.8 Å². The Morgan fingerprint density at radius 1 is 0.857 bits per heavy atom. The highest BCUT2D eigenvalue weighted by atomic mass is 127. The first-order valence-corrected chi connectivity index (χ1v) is 13.5. The summed E-state index contributed by atoms with van der Waals surface area (Å²) in [6.07, 6.45) is 5.12. The zero-order chi connectivity index (χ0) is 24.6. The lowest BCUT2D eigenvalue weighted by atomic mass is 9.93. The molecule has 4 rings (SSSR count). The first-order chi connectivity index (χ1) is 17.0. The monoisotopic (exact) mass is 588 g/mol. The fourth-order valence-corrected chi connectivity index (χ4v) is 5.21. The van der Waals surface area contributed by atoms with Crippen LogP contribution in [-0.2, 0) is 16.0 Å². The fourth-order valence-electron chi connectivity index (χ4n) is 4.85. The summed E-state index contributed by atoms with van der Waals surface area (Å²) in [6, 6.07) is 16.1. The zero-order valence-corrected chi connectivity index (χ0v) is 22.1. The molecule has 35 heavy (non-hydrogen) atoms. The zero-order valence-electron chi connectivity index (χ0n) is 19.9. The van der Waals surface area contributed by atoms with Gasteiger partial charge in [-0.1, -0.05) is 30.3 Å². The highest BCUT2D eigenvalue weighted by Crippen LogP contribution is 2.23. The van der Waals surface area contributed by atoms with Crippen molar-refractivity contribution in [3.05, 3.63) is 63.7 Å². The number of carbonyl (C=O) groups excluding carboxylic acids is 3. The average Bonchev–Trinajstić information content (AvgIpc) is 2.90. The molecule has 2 saturated heterocycles. The number of benzene rings is 2. The molecule has 2 aliphatic heterocycles. The predicted molar refractivity (Wildman–Crippen MR) is 145 cm³/mol. The third-order valence-electron chi connectivity index (χ3n) is 6.81. The highest BCUT2D eigenvalue weighted by molar-refractivity contribution is 14.1. The molecule has 2 heterocycles. The van der Waals surface area contributed by atoms with Crippen molar-refractivity contribution >= 4 is 46.1 Å². The van der Waals surface area contributed by atoms with Crippen LogP contribution in [0.2, 0.25) is 0 Å². The largest absolute Gasteiger partial charge is 0.342 e. The standard InChI is InChI=1S/C27H33IN4O3/c28-22-9-11-23(12-10-22)29-27(35)30-24(19-20-7-3-1-4-8-20)26(34)32-17-13-21(14-18-32)25(33)31-15-5-2-6-16-31/h1,3-4,7-12,21,24H,2,5-6,13-19H2,(H2,29,30,35)/t24-/m0/s1. The predicted octanol–water partition coefficient (Wildman–Crippen LogP) is 4.28.